The molecular weight excluding hydrogens is 336 g/mol. The van der Waals surface area contributed by atoms with E-state index in [1.807, 2.05) is 42.7 Å². The second-order valence-electron chi connectivity index (χ2n) is 3.98. The van der Waals surface area contributed by atoms with Gasteiger partial charge in [0.1, 0.15) is 0 Å². The van der Waals surface area contributed by atoms with E-state index in [0.717, 1.165) is 10.0 Å². The van der Waals surface area contributed by atoms with Crippen molar-refractivity contribution in [2.45, 2.75) is 4.90 Å². The Hall–Kier alpha value is -1.59. The van der Waals surface area contributed by atoms with Crippen LogP contribution in [0.25, 0.3) is 0 Å². The number of rotatable bonds is 4. The van der Waals surface area contributed by atoms with Crippen molar-refractivity contribution in [2.75, 3.05) is 6.26 Å². The van der Waals surface area contributed by atoms with Crippen LogP contribution in [-0.2, 0) is 0 Å². The summed E-state index contributed by atoms with van der Waals surface area (Å²) in [6, 6.07) is 15.1. The molecule has 0 saturated carbocycles. The highest BCUT2D eigenvalue weighted by molar-refractivity contribution is 9.10. The first-order chi connectivity index (χ1) is 9.69. The van der Waals surface area contributed by atoms with Gasteiger partial charge in [0, 0.05) is 14.9 Å². The number of amides is 1. The number of benzene rings is 2. The molecule has 0 radical (unpaired) electrons. The average molecular weight is 349 g/mol. The largest absolute Gasteiger partial charge is 0.271 e. The molecule has 0 aliphatic carbocycles. The van der Waals surface area contributed by atoms with Gasteiger partial charge in [0.05, 0.1) is 6.21 Å². The lowest BCUT2D eigenvalue weighted by Crippen LogP contribution is -2.17. The summed E-state index contributed by atoms with van der Waals surface area (Å²) in [6.45, 7) is 0. The standard InChI is InChI=1S/C15H13BrN2OS/c1-20-14-7-5-11(6-8-14)10-17-18-15(19)12-3-2-4-13(16)9-12/h2-10H,1H3,(H,18,19)/b17-10-. The van der Waals surface area contributed by atoms with E-state index in [1.165, 1.54) is 4.90 Å². The number of carbonyl (C=O) groups is 1. The minimum atomic E-state index is -0.233. The van der Waals surface area contributed by atoms with Crippen molar-refractivity contribution in [3.05, 3.63) is 64.1 Å². The van der Waals surface area contributed by atoms with E-state index >= 15 is 0 Å². The van der Waals surface area contributed by atoms with Crippen LogP contribution in [0.15, 0.2) is 63.0 Å². The molecule has 0 saturated heterocycles. The Morgan fingerprint density at radius 2 is 2.00 bits per heavy atom. The number of hydrogen-bond donors (Lipinski definition) is 1. The molecule has 20 heavy (non-hydrogen) atoms. The average Bonchev–Trinajstić information content (AvgIpc) is 2.48. The molecule has 0 atom stereocenters. The predicted molar refractivity (Wildman–Crippen MR) is 87.4 cm³/mol. The van der Waals surface area contributed by atoms with Crippen molar-refractivity contribution in [3.8, 4) is 0 Å². The minimum Gasteiger partial charge on any atom is -0.267 e. The van der Waals surface area contributed by atoms with Gasteiger partial charge in [0.15, 0.2) is 0 Å². The zero-order valence-electron chi connectivity index (χ0n) is 10.8. The number of nitrogens with zero attached hydrogens (tertiary/aromatic N) is 1. The van der Waals surface area contributed by atoms with E-state index in [1.54, 1.807) is 30.1 Å². The van der Waals surface area contributed by atoms with E-state index in [4.69, 9.17) is 0 Å². The number of carbonyl (C=O) groups excluding carboxylic acids is 1. The Bertz CT molecular complexity index is 626. The third-order valence-corrected chi connectivity index (χ3v) is 3.82. The van der Waals surface area contributed by atoms with Crippen molar-refractivity contribution >= 4 is 39.8 Å². The fraction of sp³-hybridized carbons (Fsp3) is 0.0667. The van der Waals surface area contributed by atoms with Crippen LogP contribution >= 0.6 is 27.7 Å². The lowest BCUT2D eigenvalue weighted by Gasteiger charge is -2.00. The van der Waals surface area contributed by atoms with E-state index in [9.17, 15) is 4.79 Å². The Labute approximate surface area is 130 Å². The molecule has 0 spiro atoms. The van der Waals surface area contributed by atoms with Crippen LogP contribution in [0.3, 0.4) is 0 Å². The van der Waals surface area contributed by atoms with Crippen molar-refractivity contribution < 1.29 is 4.79 Å². The fourth-order valence-corrected chi connectivity index (χ4v) is 2.36. The van der Waals surface area contributed by atoms with E-state index < -0.39 is 0 Å². The quantitative estimate of drug-likeness (QED) is 0.516. The molecule has 1 N–H and O–H groups in total. The Balaban J connectivity index is 1.97. The van der Waals surface area contributed by atoms with Crippen LogP contribution in [0.2, 0.25) is 0 Å². The molecule has 2 rings (SSSR count). The molecule has 102 valence electrons. The fourth-order valence-electron chi connectivity index (χ4n) is 1.55. The van der Waals surface area contributed by atoms with Crippen LogP contribution < -0.4 is 5.43 Å². The van der Waals surface area contributed by atoms with Gasteiger partial charge in [-0.1, -0.05) is 34.1 Å². The summed E-state index contributed by atoms with van der Waals surface area (Å²) in [5.41, 5.74) is 4.01. The lowest BCUT2D eigenvalue weighted by atomic mass is 10.2. The number of halogens is 1. The number of hydrazone groups is 1. The minimum absolute atomic E-state index is 0.233. The zero-order valence-corrected chi connectivity index (χ0v) is 13.2. The summed E-state index contributed by atoms with van der Waals surface area (Å²) in [5.74, 6) is -0.233. The summed E-state index contributed by atoms with van der Waals surface area (Å²) in [5, 5.41) is 3.96. The first-order valence-electron chi connectivity index (χ1n) is 5.92. The third-order valence-electron chi connectivity index (χ3n) is 2.58. The summed E-state index contributed by atoms with van der Waals surface area (Å²) < 4.78 is 0.863. The van der Waals surface area contributed by atoms with Crippen LogP contribution in [0.1, 0.15) is 15.9 Å². The lowest BCUT2D eigenvalue weighted by molar-refractivity contribution is 0.0955. The monoisotopic (exact) mass is 348 g/mol. The van der Waals surface area contributed by atoms with Crippen molar-refractivity contribution in [1.82, 2.24) is 5.43 Å². The third kappa shape index (κ3) is 4.21. The molecule has 3 nitrogen and oxygen atoms in total. The Kier molecular flexibility index (Phi) is 5.38. The summed E-state index contributed by atoms with van der Waals surface area (Å²) in [4.78, 5) is 13.0. The molecule has 1 amide bonds. The Morgan fingerprint density at radius 3 is 2.65 bits per heavy atom. The molecular formula is C15H13BrN2OS. The molecule has 0 aromatic heterocycles. The normalized spacial score (nSPS) is 10.7. The summed E-state index contributed by atoms with van der Waals surface area (Å²) in [6.07, 6.45) is 3.65. The van der Waals surface area contributed by atoms with Gasteiger partial charge in [0.25, 0.3) is 5.91 Å². The van der Waals surface area contributed by atoms with E-state index in [-0.39, 0.29) is 5.91 Å². The predicted octanol–water partition coefficient (Wildman–Crippen LogP) is 3.93. The molecule has 2 aromatic rings. The second-order valence-corrected chi connectivity index (χ2v) is 5.78. The van der Waals surface area contributed by atoms with Crippen LogP contribution in [0.5, 0.6) is 0 Å². The SMILES string of the molecule is CSc1ccc(/C=N\NC(=O)c2cccc(Br)c2)cc1. The topological polar surface area (TPSA) is 41.5 Å². The van der Waals surface area contributed by atoms with Crippen LogP contribution in [0, 0.1) is 0 Å². The molecule has 5 heteroatoms. The van der Waals surface area contributed by atoms with Gasteiger partial charge >= 0.3 is 0 Å². The maximum absolute atomic E-state index is 11.8. The molecule has 0 unspecified atom stereocenters. The smallest absolute Gasteiger partial charge is 0.267 e. The summed E-state index contributed by atoms with van der Waals surface area (Å²) in [7, 11) is 0. The zero-order chi connectivity index (χ0) is 14.4. The van der Waals surface area contributed by atoms with Gasteiger partial charge in [0.2, 0.25) is 0 Å². The van der Waals surface area contributed by atoms with Gasteiger partial charge < -0.3 is 0 Å². The van der Waals surface area contributed by atoms with Gasteiger partial charge in [-0.3, -0.25) is 4.79 Å². The Morgan fingerprint density at radius 1 is 1.25 bits per heavy atom. The maximum atomic E-state index is 11.8. The van der Waals surface area contributed by atoms with E-state index in [0.29, 0.717) is 5.56 Å². The molecule has 2 aromatic carbocycles. The molecule has 0 aliphatic heterocycles. The maximum Gasteiger partial charge on any atom is 0.271 e. The highest BCUT2D eigenvalue weighted by Gasteiger charge is 2.03. The molecule has 0 bridgehead atoms. The van der Waals surface area contributed by atoms with Crippen LogP contribution in [0.4, 0.5) is 0 Å². The van der Waals surface area contributed by atoms with Crippen molar-refractivity contribution in [2.24, 2.45) is 5.10 Å². The van der Waals surface area contributed by atoms with Crippen molar-refractivity contribution in [3.63, 3.8) is 0 Å². The molecule has 0 heterocycles. The van der Waals surface area contributed by atoms with Gasteiger partial charge in [-0.25, -0.2) is 5.43 Å². The van der Waals surface area contributed by atoms with Crippen molar-refractivity contribution in [1.29, 1.82) is 0 Å². The van der Waals surface area contributed by atoms with Crippen LogP contribution in [-0.4, -0.2) is 18.4 Å². The highest BCUT2D eigenvalue weighted by Crippen LogP contribution is 2.14. The number of hydrogen-bond acceptors (Lipinski definition) is 3. The van der Waals surface area contributed by atoms with Gasteiger partial charge in [-0.15, -0.1) is 11.8 Å². The highest BCUT2D eigenvalue weighted by atomic mass is 79.9. The number of nitrogens with one attached hydrogen (secondary N) is 1. The first-order valence-corrected chi connectivity index (χ1v) is 7.94. The van der Waals surface area contributed by atoms with Gasteiger partial charge in [-0.2, -0.15) is 5.10 Å². The molecule has 0 aliphatic rings. The van der Waals surface area contributed by atoms with E-state index in [2.05, 4.69) is 26.5 Å². The second kappa shape index (κ2) is 7.26. The summed E-state index contributed by atoms with van der Waals surface area (Å²) >= 11 is 5.01. The van der Waals surface area contributed by atoms with Gasteiger partial charge in [-0.05, 0) is 42.2 Å². The molecule has 0 fully saturated rings. The number of thioether (sulfide) groups is 1. The first kappa shape index (κ1) is 14.8.